The molecule has 2 aliphatic rings. The topological polar surface area (TPSA) is 109 Å². The molecule has 0 radical (unpaired) electrons. The molecule has 1 aromatic rings. The van der Waals surface area contributed by atoms with Gasteiger partial charge in [-0.2, -0.15) is 0 Å². The summed E-state index contributed by atoms with van der Waals surface area (Å²) in [6.07, 6.45) is 1.08. The molecule has 2 unspecified atom stereocenters. The molecule has 3 heterocycles. The van der Waals surface area contributed by atoms with Crippen molar-refractivity contribution in [2.75, 3.05) is 0 Å². The van der Waals surface area contributed by atoms with Gasteiger partial charge in [0.1, 0.15) is 11.9 Å². The van der Waals surface area contributed by atoms with Gasteiger partial charge in [-0.25, -0.2) is 4.98 Å². The molecule has 2 fully saturated rings. The van der Waals surface area contributed by atoms with E-state index in [-0.39, 0.29) is 29.8 Å². The molecule has 9 heteroatoms. The maximum Gasteiger partial charge on any atom is 0.309 e. The van der Waals surface area contributed by atoms with E-state index in [0.29, 0.717) is 17.1 Å². The Hall–Kier alpha value is -1.32. The summed E-state index contributed by atoms with van der Waals surface area (Å²) in [5.41, 5.74) is -0.904. The zero-order chi connectivity index (χ0) is 26.1. The third kappa shape index (κ3) is 6.72. The minimum Gasteiger partial charge on any atom is -0.456 e. The van der Waals surface area contributed by atoms with E-state index in [9.17, 15) is 19.8 Å². The highest BCUT2D eigenvalue weighted by molar-refractivity contribution is 7.09. The third-order valence-electron chi connectivity index (χ3n) is 7.64. The minimum atomic E-state index is -1.27. The van der Waals surface area contributed by atoms with E-state index < -0.39 is 35.6 Å². The Morgan fingerprint density at radius 3 is 2.57 bits per heavy atom. The molecule has 0 aromatic carbocycles. The highest BCUT2D eigenvalue weighted by atomic mass is 35.5. The standard InChI is InChI=1S/C26H38ClNO6S/c1-14-8-7-9-26(6)21(34-26)11-19(18(27)10-17-13-35-16(3)28-17)33-22(30)12-20(29)25(4,5)24(32)15(2)23(14)31/h10,13-15,19-21,23,29,31H,7-9,11-12H2,1-6H3/b18-10-/t14-,15+,19-,20-,21?,23-,26?/m0/s1. The van der Waals surface area contributed by atoms with E-state index in [4.69, 9.17) is 21.1 Å². The van der Waals surface area contributed by atoms with Crippen LogP contribution in [-0.2, 0) is 19.1 Å². The van der Waals surface area contributed by atoms with Crippen molar-refractivity contribution in [3.05, 3.63) is 21.1 Å². The monoisotopic (exact) mass is 527 g/mol. The van der Waals surface area contributed by atoms with Crippen molar-refractivity contribution in [2.45, 2.75) is 104 Å². The van der Waals surface area contributed by atoms with Gasteiger partial charge in [0, 0.05) is 17.7 Å². The van der Waals surface area contributed by atoms with Gasteiger partial charge in [0.25, 0.3) is 0 Å². The highest BCUT2D eigenvalue weighted by Crippen LogP contribution is 2.45. The van der Waals surface area contributed by atoms with Gasteiger partial charge < -0.3 is 19.7 Å². The number of hydrogen-bond acceptors (Lipinski definition) is 8. The van der Waals surface area contributed by atoms with Gasteiger partial charge >= 0.3 is 5.97 Å². The average Bonchev–Trinajstić information content (AvgIpc) is 3.22. The predicted molar refractivity (Wildman–Crippen MR) is 136 cm³/mol. The van der Waals surface area contributed by atoms with Gasteiger partial charge in [-0.15, -0.1) is 11.3 Å². The number of halogens is 1. The molecule has 2 N–H and O–H groups in total. The molecule has 0 bridgehead atoms. The lowest BCUT2D eigenvalue weighted by Gasteiger charge is -2.34. The average molecular weight is 528 g/mol. The number of aryl methyl sites for hydroxylation is 1. The molecular weight excluding hydrogens is 490 g/mol. The van der Waals surface area contributed by atoms with E-state index in [1.54, 1.807) is 26.8 Å². The van der Waals surface area contributed by atoms with E-state index >= 15 is 0 Å². The van der Waals surface area contributed by atoms with Crippen LogP contribution in [0.15, 0.2) is 10.4 Å². The second-order valence-corrected chi connectivity index (χ2v) is 12.4. The fourth-order valence-electron chi connectivity index (χ4n) is 4.86. The van der Waals surface area contributed by atoms with Crippen LogP contribution in [0.2, 0.25) is 0 Å². The van der Waals surface area contributed by atoms with Crippen molar-refractivity contribution in [3.8, 4) is 0 Å². The first kappa shape index (κ1) is 28.3. The van der Waals surface area contributed by atoms with Gasteiger partial charge in [0.15, 0.2) is 0 Å². The summed E-state index contributed by atoms with van der Waals surface area (Å²) >= 11 is 8.11. The summed E-state index contributed by atoms with van der Waals surface area (Å²) in [6.45, 7) is 10.7. The fourth-order valence-corrected chi connectivity index (χ4v) is 5.68. The van der Waals surface area contributed by atoms with Gasteiger partial charge in [-0.1, -0.05) is 45.7 Å². The van der Waals surface area contributed by atoms with Crippen molar-refractivity contribution in [1.29, 1.82) is 0 Å². The Kier molecular flexibility index (Phi) is 8.86. The molecule has 2 saturated heterocycles. The highest BCUT2D eigenvalue weighted by Gasteiger charge is 2.53. The Bertz CT molecular complexity index is 961. The lowest BCUT2D eigenvalue weighted by atomic mass is 9.73. The molecule has 7 nitrogen and oxygen atoms in total. The van der Waals surface area contributed by atoms with Crippen molar-refractivity contribution in [1.82, 2.24) is 4.98 Å². The number of aliphatic hydroxyl groups excluding tert-OH is 2. The first-order chi connectivity index (χ1) is 16.2. The molecule has 2 aliphatic heterocycles. The van der Waals surface area contributed by atoms with Gasteiger partial charge in [-0.3, -0.25) is 9.59 Å². The number of thiazole rings is 1. The zero-order valence-corrected chi connectivity index (χ0v) is 23.0. The summed E-state index contributed by atoms with van der Waals surface area (Å²) in [5, 5.41) is 24.8. The summed E-state index contributed by atoms with van der Waals surface area (Å²) in [7, 11) is 0. The molecule has 3 rings (SSSR count). The Labute approximate surface area is 216 Å². The molecule has 0 amide bonds. The number of esters is 1. The van der Waals surface area contributed by atoms with Gasteiger partial charge in [-0.05, 0) is 38.7 Å². The summed E-state index contributed by atoms with van der Waals surface area (Å²) in [4.78, 5) is 30.5. The number of carbonyl (C=O) groups excluding carboxylic acids is 2. The van der Waals surface area contributed by atoms with Crippen molar-refractivity contribution in [2.24, 2.45) is 17.3 Å². The lowest BCUT2D eigenvalue weighted by Crippen LogP contribution is -2.45. The van der Waals surface area contributed by atoms with Crippen LogP contribution in [0.5, 0.6) is 0 Å². The van der Waals surface area contributed by atoms with Crippen LogP contribution in [0.3, 0.4) is 0 Å². The number of rotatable bonds is 2. The molecule has 0 aliphatic carbocycles. The summed E-state index contributed by atoms with van der Waals surface area (Å²) < 4.78 is 11.7. The molecule has 1 aromatic heterocycles. The van der Waals surface area contributed by atoms with E-state index in [1.165, 1.54) is 11.3 Å². The molecular formula is C26H38ClNO6S. The first-order valence-corrected chi connectivity index (χ1v) is 13.6. The third-order valence-corrected chi connectivity index (χ3v) is 8.78. The van der Waals surface area contributed by atoms with Crippen LogP contribution in [0.1, 0.15) is 77.4 Å². The molecule has 0 spiro atoms. The van der Waals surface area contributed by atoms with Crippen LogP contribution in [0, 0.1) is 24.2 Å². The number of ether oxygens (including phenoxy) is 2. The number of fused-ring (bicyclic) bond motifs is 1. The largest absolute Gasteiger partial charge is 0.456 e. The quantitative estimate of drug-likeness (QED) is 0.425. The predicted octanol–water partition coefficient (Wildman–Crippen LogP) is 4.65. The molecule has 35 heavy (non-hydrogen) atoms. The van der Waals surface area contributed by atoms with E-state index in [0.717, 1.165) is 24.3 Å². The van der Waals surface area contributed by atoms with Crippen LogP contribution >= 0.6 is 22.9 Å². The summed E-state index contributed by atoms with van der Waals surface area (Å²) in [6, 6.07) is 0. The number of ketones is 1. The Morgan fingerprint density at radius 2 is 1.94 bits per heavy atom. The lowest BCUT2D eigenvalue weighted by molar-refractivity contribution is -0.154. The van der Waals surface area contributed by atoms with Crippen LogP contribution in [0.25, 0.3) is 6.08 Å². The molecule has 196 valence electrons. The Morgan fingerprint density at radius 1 is 1.26 bits per heavy atom. The normalized spacial score (nSPS) is 37.5. The molecule has 0 saturated carbocycles. The Balaban J connectivity index is 1.85. The molecule has 7 atom stereocenters. The van der Waals surface area contributed by atoms with Crippen LogP contribution in [-0.4, -0.2) is 57.0 Å². The number of cyclic esters (lactones) is 1. The maximum atomic E-state index is 13.2. The minimum absolute atomic E-state index is 0.0905. The number of Topliss-reactive ketones (excluding diaryl/α,β-unsaturated/α-hetero) is 1. The number of epoxide rings is 1. The second-order valence-electron chi connectivity index (χ2n) is 10.9. The van der Waals surface area contributed by atoms with Crippen molar-refractivity contribution >= 4 is 40.8 Å². The smallest absolute Gasteiger partial charge is 0.309 e. The van der Waals surface area contributed by atoms with Crippen molar-refractivity contribution in [3.63, 3.8) is 0 Å². The zero-order valence-electron chi connectivity index (χ0n) is 21.4. The van der Waals surface area contributed by atoms with E-state index in [2.05, 4.69) is 4.98 Å². The SMILES string of the molecule is Cc1nc(/C=C(\Cl)[C@@H]2CC3OC3(C)CCC[C@H](C)[C@H](O)[C@@H](C)C(=O)C(C)(C)[C@@H](O)CC(=O)O2)cs1. The van der Waals surface area contributed by atoms with Gasteiger partial charge in [0.2, 0.25) is 0 Å². The number of hydrogen-bond donors (Lipinski definition) is 2. The first-order valence-electron chi connectivity index (χ1n) is 12.3. The number of nitrogens with zero attached hydrogens (tertiary/aromatic N) is 1. The van der Waals surface area contributed by atoms with E-state index in [1.807, 2.05) is 26.2 Å². The van der Waals surface area contributed by atoms with Crippen LogP contribution < -0.4 is 0 Å². The fraction of sp³-hybridized carbons (Fsp3) is 0.731. The van der Waals surface area contributed by atoms with Gasteiger partial charge in [0.05, 0.1) is 51.5 Å². The summed E-state index contributed by atoms with van der Waals surface area (Å²) in [5.74, 6) is -1.70. The number of aromatic nitrogens is 1. The van der Waals surface area contributed by atoms with Crippen molar-refractivity contribution < 1.29 is 29.3 Å². The number of aliphatic hydroxyl groups is 2. The number of carbonyl (C=O) groups is 2. The van der Waals surface area contributed by atoms with Crippen LogP contribution in [0.4, 0.5) is 0 Å². The second kappa shape index (κ2) is 11.0. The maximum absolute atomic E-state index is 13.2.